The predicted octanol–water partition coefficient (Wildman–Crippen LogP) is 4.98. The van der Waals surface area contributed by atoms with Gasteiger partial charge in [-0.15, -0.1) is 21.5 Å². The number of fused-ring (bicyclic) bond motifs is 1. The van der Waals surface area contributed by atoms with Crippen LogP contribution in [0.2, 0.25) is 0 Å². The Morgan fingerprint density at radius 1 is 1.21 bits per heavy atom. The summed E-state index contributed by atoms with van der Waals surface area (Å²) in [5, 5.41) is 11.4. The van der Waals surface area contributed by atoms with Gasteiger partial charge in [0.2, 0.25) is 11.8 Å². The van der Waals surface area contributed by atoms with Crippen molar-refractivity contribution in [2.24, 2.45) is 0 Å². The number of carbonyl (C=O) groups is 2. The number of nitrogens with one attached hydrogen (secondary N) is 1. The average molecular weight is 488 g/mol. The van der Waals surface area contributed by atoms with Crippen molar-refractivity contribution in [2.45, 2.75) is 50.0 Å². The zero-order valence-corrected chi connectivity index (χ0v) is 20.3. The van der Waals surface area contributed by atoms with Gasteiger partial charge in [0.25, 0.3) is 5.22 Å². The van der Waals surface area contributed by atoms with Crippen LogP contribution in [0.1, 0.15) is 47.5 Å². The number of methoxy groups -OCH3 is 1. The summed E-state index contributed by atoms with van der Waals surface area (Å²) in [5.74, 6) is 0.473. The number of hydrogen-bond donors (Lipinski definition) is 1. The number of ether oxygens (including phenoxy) is 2. The van der Waals surface area contributed by atoms with Gasteiger partial charge >= 0.3 is 5.97 Å². The minimum absolute atomic E-state index is 0.242. The van der Waals surface area contributed by atoms with E-state index in [1.165, 1.54) is 11.3 Å². The first-order valence-electron chi connectivity index (χ1n) is 10.8. The van der Waals surface area contributed by atoms with Crippen LogP contribution in [0.15, 0.2) is 33.9 Å². The molecule has 1 aromatic carbocycles. The molecular formula is C23H25N3O5S2. The molecular weight excluding hydrogens is 462 g/mol. The van der Waals surface area contributed by atoms with Crippen molar-refractivity contribution in [1.29, 1.82) is 0 Å². The molecule has 1 amide bonds. The second-order valence-electron chi connectivity index (χ2n) is 7.49. The second kappa shape index (κ2) is 10.4. The Kier molecular flexibility index (Phi) is 7.34. The van der Waals surface area contributed by atoms with E-state index in [-0.39, 0.29) is 18.5 Å². The average Bonchev–Trinajstić information content (AvgIpc) is 3.43. The predicted molar refractivity (Wildman–Crippen MR) is 127 cm³/mol. The number of hydrogen-bond acceptors (Lipinski definition) is 9. The Balaban J connectivity index is 1.46. The number of aryl methyl sites for hydroxylation is 1. The zero-order chi connectivity index (χ0) is 23.4. The van der Waals surface area contributed by atoms with Gasteiger partial charge in [-0.25, -0.2) is 4.79 Å². The fourth-order valence-corrected chi connectivity index (χ4v) is 5.56. The maximum absolute atomic E-state index is 12.9. The number of benzene rings is 1. The van der Waals surface area contributed by atoms with Crippen molar-refractivity contribution >= 4 is 40.0 Å². The van der Waals surface area contributed by atoms with Crippen LogP contribution >= 0.6 is 23.1 Å². The van der Waals surface area contributed by atoms with E-state index in [1.54, 1.807) is 21.0 Å². The molecule has 1 aliphatic rings. The fraction of sp³-hybridized carbons (Fsp3) is 0.391. The van der Waals surface area contributed by atoms with E-state index in [4.69, 9.17) is 13.9 Å². The van der Waals surface area contributed by atoms with Crippen molar-refractivity contribution in [3.05, 3.63) is 40.3 Å². The SMILES string of the molecule is CCOC(=O)c1c(NC(=O)C(C)Sc2nnc(-c3ccc(OC)cc3)o2)sc2c1CCCC2. The lowest BCUT2D eigenvalue weighted by atomic mass is 9.95. The Labute approximate surface area is 200 Å². The largest absolute Gasteiger partial charge is 0.497 e. The molecule has 1 atom stereocenters. The highest BCUT2D eigenvalue weighted by Gasteiger charge is 2.28. The van der Waals surface area contributed by atoms with Crippen molar-refractivity contribution in [1.82, 2.24) is 10.2 Å². The van der Waals surface area contributed by atoms with Crippen LogP contribution in [0.3, 0.4) is 0 Å². The van der Waals surface area contributed by atoms with Crippen LogP contribution in [0, 0.1) is 0 Å². The summed E-state index contributed by atoms with van der Waals surface area (Å²) in [6, 6.07) is 7.27. The van der Waals surface area contributed by atoms with Gasteiger partial charge in [-0.2, -0.15) is 0 Å². The molecule has 174 valence electrons. The molecule has 10 heteroatoms. The number of carbonyl (C=O) groups excluding carboxylic acids is 2. The summed E-state index contributed by atoms with van der Waals surface area (Å²) >= 11 is 2.63. The number of rotatable bonds is 8. The van der Waals surface area contributed by atoms with Crippen LogP contribution in [-0.2, 0) is 22.4 Å². The molecule has 33 heavy (non-hydrogen) atoms. The van der Waals surface area contributed by atoms with Gasteiger partial charge < -0.3 is 19.2 Å². The highest BCUT2D eigenvalue weighted by atomic mass is 32.2. The summed E-state index contributed by atoms with van der Waals surface area (Å²) in [6.07, 6.45) is 3.87. The highest BCUT2D eigenvalue weighted by molar-refractivity contribution is 8.00. The van der Waals surface area contributed by atoms with Crippen molar-refractivity contribution in [3.8, 4) is 17.2 Å². The highest BCUT2D eigenvalue weighted by Crippen LogP contribution is 2.39. The molecule has 0 aliphatic heterocycles. The van der Waals surface area contributed by atoms with Crippen molar-refractivity contribution in [2.75, 3.05) is 19.0 Å². The van der Waals surface area contributed by atoms with E-state index >= 15 is 0 Å². The molecule has 0 saturated carbocycles. The van der Waals surface area contributed by atoms with Gasteiger partial charge in [0, 0.05) is 10.4 Å². The van der Waals surface area contributed by atoms with E-state index in [9.17, 15) is 9.59 Å². The quantitative estimate of drug-likeness (QED) is 0.350. The van der Waals surface area contributed by atoms with E-state index in [0.29, 0.717) is 21.7 Å². The molecule has 0 radical (unpaired) electrons. The molecule has 1 unspecified atom stereocenters. The summed E-state index contributed by atoms with van der Waals surface area (Å²) in [7, 11) is 1.60. The van der Waals surface area contributed by atoms with Crippen molar-refractivity contribution in [3.63, 3.8) is 0 Å². The molecule has 0 fully saturated rings. The number of esters is 1. The third-order valence-corrected chi connectivity index (χ3v) is 7.42. The fourth-order valence-electron chi connectivity index (χ4n) is 3.60. The molecule has 0 saturated heterocycles. The lowest BCUT2D eigenvalue weighted by Gasteiger charge is -2.13. The Morgan fingerprint density at radius 2 is 1.97 bits per heavy atom. The van der Waals surface area contributed by atoms with Crippen LogP contribution in [0.5, 0.6) is 5.75 Å². The second-order valence-corrected chi connectivity index (χ2v) is 9.88. The van der Waals surface area contributed by atoms with Crippen LogP contribution in [0.4, 0.5) is 5.00 Å². The number of aromatic nitrogens is 2. The molecule has 1 aliphatic carbocycles. The first-order chi connectivity index (χ1) is 16.0. The lowest BCUT2D eigenvalue weighted by Crippen LogP contribution is -2.23. The van der Waals surface area contributed by atoms with Gasteiger partial charge in [-0.1, -0.05) is 11.8 Å². The van der Waals surface area contributed by atoms with Crippen LogP contribution in [-0.4, -0.2) is 41.0 Å². The monoisotopic (exact) mass is 487 g/mol. The normalized spacial score (nSPS) is 13.8. The molecule has 1 N–H and O–H groups in total. The summed E-state index contributed by atoms with van der Waals surface area (Å²) in [6.45, 7) is 3.82. The van der Waals surface area contributed by atoms with E-state index < -0.39 is 5.25 Å². The lowest BCUT2D eigenvalue weighted by molar-refractivity contribution is -0.115. The van der Waals surface area contributed by atoms with E-state index in [2.05, 4.69) is 15.5 Å². The Hall–Kier alpha value is -2.85. The molecule has 8 nitrogen and oxygen atoms in total. The van der Waals surface area contributed by atoms with Gasteiger partial charge in [-0.3, -0.25) is 4.79 Å². The summed E-state index contributed by atoms with van der Waals surface area (Å²) in [4.78, 5) is 26.7. The third-order valence-electron chi connectivity index (χ3n) is 5.28. The van der Waals surface area contributed by atoms with Gasteiger partial charge in [-0.05, 0) is 69.4 Å². The van der Waals surface area contributed by atoms with Crippen molar-refractivity contribution < 1.29 is 23.5 Å². The number of amides is 1. The van der Waals surface area contributed by atoms with Crippen LogP contribution in [0.25, 0.3) is 11.5 Å². The number of anilines is 1. The smallest absolute Gasteiger partial charge is 0.341 e. The number of thiophene rings is 1. The molecule has 3 aromatic rings. The third kappa shape index (κ3) is 5.22. The molecule has 2 aromatic heterocycles. The first kappa shape index (κ1) is 23.3. The molecule has 2 heterocycles. The van der Waals surface area contributed by atoms with Gasteiger partial charge in [0.1, 0.15) is 10.8 Å². The first-order valence-corrected chi connectivity index (χ1v) is 12.5. The number of nitrogens with zero attached hydrogens (tertiary/aromatic N) is 2. The van der Waals surface area contributed by atoms with Gasteiger partial charge in [0.15, 0.2) is 0 Å². The maximum atomic E-state index is 12.9. The van der Waals surface area contributed by atoms with Crippen LogP contribution < -0.4 is 10.1 Å². The molecule has 0 spiro atoms. The van der Waals surface area contributed by atoms with Gasteiger partial charge in [0.05, 0.1) is 24.5 Å². The minimum Gasteiger partial charge on any atom is -0.497 e. The van der Waals surface area contributed by atoms with E-state index in [1.807, 2.05) is 24.3 Å². The standard InChI is InChI=1S/C23H25N3O5S2/c1-4-30-22(28)18-16-7-5-6-8-17(16)33-21(18)24-19(27)13(2)32-23-26-25-20(31-23)14-9-11-15(29-3)12-10-14/h9-13H,4-8H2,1-3H3,(H,24,27). The summed E-state index contributed by atoms with van der Waals surface area (Å²) in [5.41, 5.74) is 2.28. The zero-order valence-electron chi connectivity index (χ0n) is 18.7. The summed E-state index contributed by atoms with van der Waals surface area (Å²) < 4.78 is 16.1. The minimum atomic E-state index is -0.511. The number of thioether (sulfide) groups is 1. The maximum Gasteiger partial charge on any atom is 0.341 e. The Bertz CT molecular complexity index is 1140. The Morgan fingerprint density at radius 3 is 2.70 bits per heavy atom. The molecule has 0 bridgehead atoms. The van der Waals surface area contributed by atoms with E-state index in [0.717, 1.165) is 59.2 Å². The molecule has 4 rings (SSSR count). The topological polar surface area (TPSA) is 104 Å².